The second-order valence-electron chi connectivity index (χ2n) is 3.96. The number of rotatable bonds is 3. The van der Waals surface area contributed by atoms with Crippen molar-refractivity contribution in [3.63, 3.8) is 0 Å². The van der Waals surface area contributed by atoms with E-state index in [1.165, 1.54) is 12.0 Å². The fraction of sp³-hybridized carbons (Fsp3) is 0.545. The van der Waals surface area contributed by atoms with E-state index in [0.29, 0.717) is 0 Å². The molecule has 3 heteroatoms. The van der Waals surface area contributed by atoms with Crippen molar-refractivity contribution in [2.45, 2.75) is 13.3 Å². The van der Waals surface area contributed by atoms with E-state index in [9.17, 15) is 0 Å². The molecule has 1 atom stereocenters. The molecule has 1 aliphatic rings. The minimum atomic E-state index is 0.762. The molecule has 0 saturated carbocycles. The van der Waals surface area contributed by atoms with E-state index in [1.807, 2.05) is 12.3 Å². The molecular formula is C11H17N3. The normalized spacial score (nSPS) is 21.1. The largest absolute Gasteiger partial charge is 0.370 e. The molecule has 0 amide bonds. The lowest BCUT2D eigenvalue weighted by atomic mass is 10.1. The fourth-order valence-corrected chi connectivity index (χ4v) is 1.71. The van der Waals surface area contributed by atoms with Gasteiger partial charge in [0.15, 0.2) is 0 Å². The summed E-state index contributed by atoms with van der Waals surface area (Å²) in [6.07, 6.45) is 3.17. The van der Waals surface area contributed by atoms with Gasteiger partial charge in [-0.25, -0.2) is 4.98 Å². The van der Waals surface area contributed by atoms with E-state index in [-0.39, 0.29) is 0 Å². The van der Waals surface area contributed by atoms with Gasteiger partial charge >= 0.3 is 0 Å². The first kappa shape index (κ1) is 9.46. The van der Waals surface area contributed by atoms with E-state index < -0.39 is 0 Å². The molecule has 1 fully saturated rings. The summed E-state index contributed by atoms with van der Waals surface area (Å²) in [5.41, 5.74) is 1.21. The second-order valence-corrected chi connectivity index (χ2v) is 3.96. The Bertz CT molecular complexity index is 275. The molecule has 1 unspecified atom stereocenters. The molecule has 1 aliphatic heterocycles. The number of hydrogen-bond acceptors (Lipinski definition) is 3. The molecule has 1 saturated heterocycles. The van der Waals surface area contributed by atoms with Gasteiger partial charge in [0.05, 0.1) is 0 Å². The second kappa shape index (κ2) is 4.42. The predicted octanol–water partition coefficient (Wildman–Crippen LogP) is 1.41. The summed E-state index contributed by atoms with van der Waals surface area (Å²) < 4.78 is 0. The van der Waals surface area contributed by atoms with Crippen LogP contribution in [0.25, 0.3) is 0 Å². The van der Waals surface area contributed by atoms with Gasteiger partial charge in [-0.15, -0.1) is 0 Å². The standard InChI is InChI=1S/C11H17N3/c1-9-2-3-11(13-6-9)14-8-10-4-5-12-7-10/h2-3,6,10,12H,4-5,7-8H2,1H3,(H,13,14). The molecule has 0 aromatic carbocycles. The Morgan fingerprint density at radius 1 is 1.57 bits per heavy atom. The molecular weight excluding hydrogens is 174 g/mol. The fourth-order valence-electron chi connectivity index (χ4n) is 1.71. The van der Waals surface area contributed by atoms with E-state index in [4.69, 9.17) is 0 Å². The minimum absolute atomic E-state index is 0.762. The van der Waals surface area contributed by atoms with Crippen LogP contribution in [0, 0.1) is 12.8 Å². The number of nitrogens with one attached hydrogen (secondary N) is 2. The van der Waals surface area contributed by atoms with Crippen LogP contribution in [0.2, 0.25) is 0 Å². The zero-order valence-electron chi connectivity index (χ0n) is 8.59. The maximum absolute atomic E-state index is 4.31. The highest BCUT2D eigenvalue weighted by Gasteiger charge is 2.13. The Balaban J connectivity index is 1.82. The first-order valence-corrected chi connectivity index (χ1v) is 5.22. The van der Waals surface area contributed by atoms with Crippen molar-refractivity contribution in [2.75, 3.05) is 25.0 Å². The van der Waals surface area contributed by atoms with Gasteiger partial charge in [-0.2, -0.15) is 0 Å². The Morgan fingerprint density at radius 3 is 3.14 bits per heavy atom. The number of aromatic nitrogens is 1. The van der Waals surface area contributed by atoms with Crippen molar-refractivity contribution in [2.24, 2.45) is 5.92 Å². The molecule has 2 rings (SSSR count). The van der Waals surface area contributed by atoms with Crippen LogP contribution in [0.4, 0.5) is 5.82 Å². The van der Waals surface area contributed by atoms with Crippen LogP contribution in [0.3, 0.4) is 0 Å². The Hall–Kier alpha value is -1.09. The summed E-state index contributed by atoms with van der Waals surface area (Å²) in [5.74, 6) is 1.75. The number of pyridine rings is 1. The highest BCUT2D eigenvalue weighted by molar-refractivity contribution is 5.35. The third-order valence-electron chi connectivity index (χ3n) is 2.65. The molecule has 76 valence electrons. The van der Waals surface area contributed by atoms with Crippen LogP contribution < -0.4 is 10.6 Å². The van der Waals surface area contributed by atoms with Crippen molar-refractivity contribution >= 4 is 5.82 Å². The summed E-state index contributed by atoms with van der Waals surface area (Å²) in [6.45, 7) is 5.38. The first-order valence-electron chi connectivity index (χ1n) is 5.22. The van der Waals surface area contributed by atoms with Crippen molar-refractivity contribution in [1.82, 2.24) is 10.3 Å². The van der Waals surface area contributed by atoms with Crippen LogP contribution >= 0.6 is 0 Å². The molecule has 14 heavy (non-hydrogen) atoms. The predicted molar refractivity (Wildman–Crippen MR) is 58.4 cm³/mol. The van der Waals surface area contributed by atoms with Crippen molar-refractivity contribution in [3.05, 3.63) is 23.9 Å². The van der Waals surface area contributed by atoms with E-state index >= 15 is 0 Å². The molecule has 0 spiro atoms. The summed E-state index contributed by atoms with van der Waals surface area (Å²) in [4.78, 5) is 4.31. The molecule has 0 radical (unpaired) electrons. The lowest BCUT2D eigenvalue weighted by Gasteiger charge is -2.10. The highest BCUT2D eigenvalue weighted by atomic mass is 15.0. The van der Waals surface area contributed by atoms with Crippen LogP contribution in [0.15, 0.2) is 18.3 Å². The Kier molecular flexibility index (Phi) is 2.99. The summed E-state index contributed by atoms with van der Waals surface area (Å²) in [6, 6.07) is 4.12. The molecule has 3 nitrogen and oxygen atoms in total. The summed E-state index contributed by atoms with van der Waals surface area (Å²) in [7, 11) is 0. The van der Waals surface area contributed by atoms with Crippen LogP contribution in [0.5, 0.6) is 0 Å². The first-order chi connectivity index (χ1) is 6.84. The van der Waals surface area contributed by atoms with Crippen LogP contribution in [0.1, 0.15) is 12.0 Å². The van der Waals surface area contributed by atoms with Gasteiger partial charge in [-0.05, 0) is 44.0 Å². The van der Waals surface area contributed by atoms with Gasteiger partial charge in [-0.1, -0.05) is 6.07 Å². The molecule has 2 N–H and O–H groups in total. The quantitative estimate of drug-likeness (QED) is 0.758. The average molecular weight is 191 g/mol. The summed E-state index contributed by atoms with van der Waals surface area (Å²) >= 11 is 0. The maximum Gasteiger partial charge on any atom is 0.125 e. The Labute approximate surface area is 84.9 Å². The minimum Gasteiger partial charge on any atom is -0.370 e. The van der Waals surface area contributed by atoms with Crippen molar-refractivity contribution in [3.8, 4) is 0 Å². The van der Waals surface area contributed by atoms with Gasteiger partial charge in [0.1, 0.15) is 5.82 Å². The average Bonchev–Trinajstić information content (AvgIpc) is 2.70. The van der Waals surface area contributed by atoms with E-state index in [2.05, 4.69) is 28.6 Å². The van der Waals surface area contributed by atoms with Gasteiger partial charge < -0.3 is 10.6 Å². The Morgan fingerprint density at radius 2 is 2.50 bits per heavy atom. The van der Waals surface area contributed by atoms with Gasteiger partial charge in [0.25, 0.3) is 0 Å². The highest BCUT2D eigenvalue weighted by Crippen LogP contribution is 2.09. The SMILES string of the molecule is Cc1ccc(NCC2CCNC2)nc1. The lowest BCUT2D eigenvalue weighted by molar-refractivity contribution is 0.614. The maximum atomic E-state index is 4.31. The lowest BCUT2D eigenvalue weighted by Crippen LogP contribution is -2.17. The molecule has 0 aliphatic carbocycles. The van der Waals surface area contributed by atoms with E-state index in [1.54, 1.807) is 0 Å². The molecule has 1 aromatic rings. The van der Waals surface area contributed by atoms with Crippen LogP contribution in [-0.2, 0) is 0 Å². The third-order valence-corrected chi connectivity index (χ3v) is 2.65. The summed E-state index contributed by atoms with van der Waals surface area (Å²) in [5, 5.41) is 6.72. The van der Waals surface area contributed by atoms with E-state index in [0.717, 1.165) is 31.4 Å². The van der Waals surface area contributed by atoms with Gasteiger partial charge in [0, 0.05) is 12.7 Å². The number of hydrogen-bond donors (Lipinski definition) is 2. The number of aryl methyl sites for hydroxylation is 1. The zero-order chi connectivity index (χ0) is 9.80. The third kappa shape index (κ3) is 2.45. The molecule has 1 aromatic heterocycles. The number of anilines is 1. The molecule has 2 heterocycles. The zero-order valence-corrected chi connectivity index (χ0v) is 8.59. The van der Waals surface area contributed by atoms with Crippen molar-refractivity contribution < 1.29 is 0 Å². The van der Waals surface area contributed by atoms with Gasteiger partial charge in [0.2, 0.25) is 0 Å². The monoisotopic (exact) mass is 191 g/mol. The number of nitrogens with zero attached hydrogens (tertiary/aromatic N) is 1. The van der Waals surface area contributed by atoms with Crippen molar-refractivity contribution in [1.29, 1.82) is 0 Å². The molecule has 0 bridgehead atoms. The van der Waals surface area contributed by atoms with Gasteiger partial charge in [-0.3, -0.25) is 0 Å². The topological polar surface area (TPSA) is 37.0 Å². The smallest absolute Gasteiger partial charge is 0.125 e. The van der Waals surface area contributed by atoms with Crippen LogP contribution in [-0.4, -0.2) is 24.6 Å².